The molecule has 2 N–H and O–H groups in total. The van der Waals surface area contributed by atoms with Crippen LogP contribution in [0, 0.1) is 0 Å². The average molecular weight is 273 g/mol. The van der Waals surface area contributed by atoms with Crippen LogP contribution < -0.4 is 5.32 Å². The van der Waals surface area contributed by atoms with E-state index in [1.807, 2.05) is 10.6 Å². The van der Waals surface area contributed by atoms with Crippen molar-refractivity contribution in [1.82, 2.24) is 19.6 Å². The molecule has 2 fully saturated rings. The molecular weight excluding hydrogens is 254 g/mol. The van der Waals surface area contributed by atoms with Gasteiger partial charge in [-0.25, -0.2) is 4.98 Å². The maximum absolute atomic E-state index is 10.1. The molecule has 0 amide bonds. The fourth-order valence-corrected chi connectivity index (χ4v) is 3.02. The lowest BCUT2D eigenvalue weighted by atomic mass is 9.93. The van der Waals surface area contributed by atoms with Gasteiger partial charge in [-0.3, -0.25) is 4.40 Å². The van der Waals surface area contributed by atoms with Gasteiger partial charge in [0.15, 0.2) is 5.82 Å². The van der Waals surface area contributed by atoms with Gasteiger partial charge in [0.25, 0.3) is 0 Å². The molecule has 2 saturated carbocycles. The highest BCUT2D eigenvalue weighted by Crippen LogP contribution is 2.39. The van der Waals surface area contributed by atoms with Gasteiger partial charge in [-0.15, -0.1) is 10.2 Å². The first-order chi connectivity index (χ1) is 9.83. The van der Waals surface area contributed by atoms with Crippen LogP contribution in [0.2, 0.25) is 0 Å². The Balaban J connectivity index is 1.65. The highest BCUT2D eigenvalue weighted by Gasteiger charge is 2.30. The zero-order valence-corrected chi connectivity index (χ0v) is 11.4. The van der Waals surface area contributed by atoms with Crippen molar-refractivity contribution in [3.05, 3.63) is 18.2 Å². The highest BCUT2D eigenvalue weighted by atomic mass is 16.3. The summed E-state index contributed by atoms with van der Waals surface area (Å²) in [6.07, 6.45) is 9.91. The van der Waals surface area contributed by atoms with Gasteiger partial charge in [0, 0.05) is 18.3 Å². The number of hydrogen-bond acceptors (Lipinski definition) is 5. The van der Waals surface area contributed by atoms with E-state index in [1.54, 1.807) is 6.20 Å². The maximum Gasteiger partial charge on any atom is 0.203 e. The summed E-state index contributed by atoms with van der Waals surface area (Å²) in [4.78, 5) is 4.38. The number of rotatable bonds is 3. The number of fused-ring (bicyclic) bond motifs is 1. The number of nitrogens with one attached hydrogen (secondary N) is 1. The van der Waals surface area contributed by atoms with Gasteiger partial charge >= 0.3 is 0 Å². The third kappa shape index (κ3) is 2.04. The van der Waals surface area contributed by atoms with E-state index in [1.165, 1.54) is 12.8 Å². The van der Waals surface area contributed by atoms with Crippen molar-refractivity contribution >= 4 is 11.5 Å². The predicted octanol–water partition coefficient (Wildman–Crippen LogP) is 1.72. The molecule has 4 rings (SSSR count). The first-order valence-electron chi connectivity index (χ1n) is 7.47. The van der Waals surface area contributed by atoms with E-state index < -0.39 is 0 Å². The van der Waals surface area contributed by atoms with E-state index in [4.69, 9.17) is 0 Å². The Kier molecular flexibility index (Phi) is 2.84. The standard InChI is InChI=1S/C14H19N5O/c20-11-4-2-1-3-10(11)16-12-14-18-17-13(9-5-6-9)19(14)8-7-15-12/h7-11,20H,1-6H2,(H,15,16)/t10-,11-/m0/s1. The maximum atomic E-state index is 10.1. The molecule has 0 spiro atoms. The minimum Gasteiger partial charge on any atom is -0.391 e. The molecule has 0 aliphatic heterocycles. The molecule has 2 aromatic rings. The summed E-state index contributed by atoms with van der Waals surface area (Å²) in [6.45, 7) is 0. The molecule has 0 radical (unpaired) electrons. The molecule has 0 aromatic carbocycles. The van der Waals surface area contributed by atoms with E-state index in [0.717, 1.165) is 43.0 Å². The molecule has 2 aliphatic rings. The van der Waals surface area contributed by atoms with Crippen molar-refractivity contribution in [3.63, 3.8) is 0 Å². The third-order valence-corrected chi connectivity index (χ3v) is 4.35. The summed E-state index contributed by atoms with van der Waals surface area (Å²) < 4.78 is 2.03. The van der Waals surface area contributed by atoms with Crippen LogP contribution in [-0.4, -0.2) is 36.8 Å². The van der Waals surface area contributed by atoms with Crippen molar-refractivity contribution in [2.24, 2.45) is 0 Å². The molecule has 6 heteroatoms. The van der Waals surface area contributed by atoms with Gasteiger partial charge in [-0.05, 0) is 25.7 Å². The Morgan fingerprint density at radius 1 is 1.15 bits per heavy atom. The third-order valence-electron chi connectivity index (χ3n) is 4.35. The van der Waals surface area contributed by atoms with Crippen LogP contribution in [0.15, 0.2) is 12.4 Å². The van der Waals surface area contributed by atoms with E-state index >= 15 is 0 Å². The number of aliphatic hydroxyl groups excluding tert-OH is 1. The van der Waals surface area contributed by atoms with Gasteiger partial charge in [0.2, 0.25) is 5.65 Å². The topological polar surface area (TPSA) is 75.3 Å². The van der Waals surface area contributed by atoms with Crippen LogP contribution in [0.25, 0.3) is 5.65 Å². The Hall–Kier alpha value is -1.69. The second-order valence-electron chi connectivity index (χ2n) is 5.90. The largest absolute Gasteiger partial charge is 0.391 e. The second kappa shape index (κ2) is 4.70. The van der Waals surface area contributed by atoms with Gasteiger partial charge in [-0.1, -0.05) is 12.8 Å². The summed E-state index contributed by atoms with van der Waals surface area (Å²) in [5, 5.41) is 22.0. The Labute approximate surface area is 117 Å². The van der Waals surface area contributed by atoms with Crippen LogP contribution in [0.1, 0.15) is 50.3 Å². The molecule has 2 atom stereocenters. The number of hydrogen-bond donors (Lipinski definition) is 2. The smallest absolute Gasteiger partial charge is 0.203 e. The molecule has 20 heavy (non-hydrogen) atoms. The zero-order valence-electron chi connectivity index (χ0n) is 11.4. The van der Waals surface area contributed by atoms with Crippen molar-refractivity contribution in [2.45, 2.75) is 56.6 Å². The summed E-state index contributed by atoms with van der Waals surface area (Å²) in [6, 6.07) is 0.0727. The Bertz CT molecular complexity index is 621. The summed E-state index contributed by atoms with van der Waals surface area (Å²) >= 11 is 0. The predicted molar refractivity (Wildman–Crippen MR) is 74.6 cm³/mol. The monoisotopic (exact) mass is 273 g/mol. The number of nitrogens with zero attached hydrogens (tertiary/aromatic N) is 4. The van der Waals surface area contributed by atoms with E-state index in [2.05, 4.69) is 20.5 Å². The van der Waals surface area contributed by atoms with E-state index in [-0.39, 0.29) is 12.1 Å². The molecule has 6 nitrogen and oxygen atoms in total. The lowest BCUT2D eigenvalue weighted by molar-refractivity contribution is 0.116. The molecular formula is C14H19N5O. The fraction of sp³-hybridized carbons (Fsp3) is 0.643. The summed E-state index contributed by atoms with van der Waals surface area (Å²) in [7, 11) is 0. The molecule has 0 saturated heterocycles. The highest BCUT2D eigenvalue weighted by molar-refractivity contribution is 5.62. The van der Waals surface area contributed by atoms with Crippen LogP contribution in [0.3, 0.4) is 0 Å². The lowest BCUT2D eigenvalue weighted by Gasteiger charge is -2.28. The quantitative estimate of drug-likeness (QED) is 0.890. The first kappa shape index (κ1) is 12.1. The number of anilines is 1. The summed E-state index contributed by atoms with van der Waals surface area (Å²) in [5.41, 5.74) is 0.771. The van der Waals surface area contributed by atoms with Crippen LogP contribution >= 0.6 is 0 Å². The minimum atomic E-state index is -0.295. The van der Waals surface area contributed by atoms with Crippen molar-refractivity contribution in [1.29, 1.82) is 0 Å². The molecule has 0 bridgehead atoms. The van der Waals surface area contributed by atoms with Crippen molar-refractivity contribution in [2.75, 3.05) is 5.32 Å². The summed E-state index contributed by atoms with van der Waals surface area (Å²) in [5.74, 6) is 2.33. The first-order valence-corrected chi connectivity index (χ1v) is 7.47. The minimum absolute atomic E-state index is 0.0727. The second-order valence-corrected chi connectivity index (χ2v) is 5.90. The van der Waals surface area contributed by atoms with Gasteiger partial charge in [0.1, 0.15) is 5.82 Å². The SMILES string of the molecule is O[C@H]1CCCC[C@@H]1Nc1nccn2c(C3CC3)nnc12. The Morgan fingerprint density at radius 3 is 2.80 bits per heavy atom. The van der Waals surface area contributed by atoms with Gasteiger partial charge < -0.3 is 10.4 Å². The number of aliphatic hydroxyl groups is 1. The zero-order chi connectivity index (χ0) is 13.5. The van der Waals surface area contributed by atoms with E-state index in [0.29, 0.717) is 5.92 Å². The lowest BCUT2D eigenvalue weighted by Crippen LogP contribution is -2.36. The van der Waals surface area contributed by atoms with Gasteiger partial charge in [-0.2, -0.15) is 0 Å². The number of aromatic nitrogens is 4. The van der Waals surface area contributed by atoms with Crippen LogP contribution in [0.5, 0.6) is 0 Å². The van der Waals surface area contributed by atoms with Crippen LogP contribution in [-0.2, 0) is 0 Å². The van der Waals surface area contributed by atoms with E-state index in [9.17, 15) is 5.11 Å². The molecule has 2 heterocycles. The average Bonchev–Trinajstić information content (AvgIpc) is 3.21. The fourth-order valence-electron chi connectivity index (χ4n) is 3.02. The molecule has 2 aliphatic carbocycles. The van der Waals surface area contributed by atoms with Crippen molar-refractivity contribution in [3.8, 4) is 0 Å². The molecule has 0 unspecified atom stereocenters. The molecule has 2 aromatic heterocycles. The normalized spacial score (nSPS) is 26.9. The van der Waals surface area contributed by atoms with Crippen molar-refractivity contribution < 1.29 is 5.11 Å². The van der Waals surface area contributed by atoms with Crippen LogP contribution in [0.4, 0.5) is 5.82 Å². The molecule has 106 valence electrons. The Morgan fingerprint density at radius 2 is 2.00 bits per heavy atom. The van der Waals surface area contributed by atoms with Gasteiger partial charge in [0.05, 0.1) is 12.1 Å².